The molecule has 0 saturated carbocycles. The van der Waals surface area contributed by atoms with Crippen molar-refractivity contribution >= 4 is 23.7 Å². The molecule has 1 unspecified atom stereocenters. The lowest BCUT2D eigenvalue weighted by molar-refractivity contribution is -0.150. The van der Waals surface area contributed by atoms with Crippen molar-refractivity contribution in [1.29, 1.82) is 0 Å². The number of aliphatic hydroxyl groups is 2. The van der Waals surface area contributed by atoms with E-state index in [0.29, 0.717) is 11.5 Å². The average molecular weight is 292 g/mol. The number of carbonyl (C=O) groups excluding carboxylic acids is 2. The molecule has 0 bridgehead atoms. The van der Waals surface area contributed by atoms with Crippen LogP contribution in [0.2, 0.25) is 0 Å². The molecule has 0 aromatic carbocycles. The molecular weight excluding hydrogens is 272 g/mol. The summed E-state index contributed by atoms with van der Waals surface area (Å²) in [6.07, 6.45) is -0.833. The van der Waals surface area contributed by atoms with Crippen LogP contribution in [0.15, 0.2) is 12.2 Å². The first kappa shape index (κ1) is 17.9. The second kappa shape index (κ2) is 10.8. The van der Waals surface area contributed by atoms with Crippen LogP contribution in [0.5, 0.6) is 0 Å². The molecule has 0 amide bonds. The van der Waals surface area contributed by atoms with E-state index in [1.165, 1.54) is 18.7 Å². The maximum absolute atomic E-state index is 11.2. The van der Waals surface area contributed by atoms with Crippen LogP contribution < -0.4 is 0 Å². The van der Waals surface area contributed by atoms with Crippen molar-refractivity contribution in [2.75, 3.05) is 31.3 Å². The lowest BCUT2D eigenvalue weighted by Gasteiger charge is -2.11. The predicted molar refractivity (Wildman–Crippen MR) is 71.8 cm³/mol. The summed E-state index contributed by atoms with van der Waals surface area (Å²) in [4.78, 5) is 22.3. The van der Waals surface area contributed by atoms with E-state index in [4.69, 9.17) is 14.6 Å². The van der Waals surface area contributed by atoms with E-state index in [-0.39, 0.29) is 31.8 Å². The molecule has 0 radical (unpaired) electrons. The normalized spacial score (nSPS) is 11.7. The number of rotatable bonds is 10. The molecule has 1 atom stereocenters. The van der Waals surface area contributed by atoms with Gasteiger partial charge in [-0.15, -0.1) is 0 Å². The summed E-state index contributed by atoms with van der Waals surface area (Å²) in [6, 6.07) is 0. The van der Waals surface area contributed by atoms with Crippen molar-refractivity contribution in [2.24, 2.45) is 0 Å². The summed E-state index contributed by atoms with van der Waals surface area (Å²) in [5, 5.41) is 17.9. The van der Waals surface area contributed by atoms with Crippen LogP contribution in [-0.2, 0) is 19.1 Å². The summed E-state index contributed by atoms with van der Waals surface area (Å²) in [7, 11) is 0. The highest BCUT2D eigenvalue weighted by Crippen LogP contribution is 2.02. The van der Waals surface area contributed by atoms with Gasteiger partial charge in [-0.1, -0.05) is 6.58 Å². The van der Waals surface area contributed by atoms with Crippen LogP contribution in [-0.4, -0.2) is 59.6 Å². The Morgan fingerprint density at radius 3 is 2.47 bits per heavy atom. The quantitative estimate of drug-likeness (QED) is 0.336. The molecule has 0 heterocycles. The lowest BCUT2D eigenvalue weighted by Crippen LogP contribution is -2.25. The average Bonchev–Trinajstić information content (AvgIpc) is 2.38. The fourth-order valence-corrected chi connectivity index (χ4v) is 1.57. The van der Waals surface area contributed by atoms with Gasteiger partial charge in [0.15, 0.2) is 0 Å². The number of hydrogen-bond acceptors (Lipinski definition) is 7. The number of thioether (sulfide) groups is 1. The molecule has 0 rings (SSSR count). The SMILES string of the molecule is C=C(C)C(=O)OCC(O)COC(=O)CCSCCO. The second-order valence-electron chi connectivity index (χ2n) is 3.80. The van der Waals surface area contributed by atoms with Gasteiger partial charge in [-0.3, -0.25) is 4.79 Å². The molecule has 0 saturated heterocycles. The van der Waals surface area contributed by atoms with Gasteiger partial charge in [0.2, 0.25) is 0 Å². The molecule has 0 aromatic rings. The van der Waals surface area contributed by atoms with Crippen LogP contribution in [0.25, 0.3) is 0 Å². The van der Waals surface area contributed by atoms with Crippen molar-refractivity contribution in [2.45, 2.75) is 19.4 Å². The van der Waals surface area contributed by atoms with Crippen LogP contribution in [0, 0.1) is 0 Å². The highest BCUT2D eigenvalue weighted by molar-refractivity contribution is 7.99. The smallest absolute Gasteiger partial charge is 0.333 e. The summed E-state index contributed by atoms with van der Waals surface area (Å²) in [5.41, 5.74) is 0.241. The Labute approximate surface area is 116 Å². The Morgan fingerprint density at radius 2 is 1.89 bits per heavy atom. The van der Waals surface area contributed by atoms with Crippen molar-refractivity contribution in [3.63, 3.8) is 0 Å². The number of carbonyl (C=O) groups is 2. The zero-order valence-electron chi connectivity index (χ0n) is 11.0. The fraction of sp³-hybridized carbons (Fsp3) is 0.667. The lowest BCUT2D eigenvalue weighted by atomic mass is 10.3. The molecular formula is C12H20O6S. The molecule has 0 aromatic heterocycles. The summed E-state index contributed by atoms with van der Waals surface area (Å²) in [5.74, 6) is 0.105. The van der Waals surface area contributed by atoms with Crippen LogP contribution in [0.3, 0.4) is 0 Å². The van der Waals surface area contributed by atoms with Gasteiger partial charge in [0.1, 0.15) is 19.3 Å². The molecule has 0 aliphatic carbocycles. The zero-order valence-corrected chi connectivity index (χ0v) is 11.8. The Kier molecular flexibility index (Phi) is 10.2. The van der Waals surface area contributed by atoms with E-state index in [2.05, 4.69) is 6.58 Å². The predicted octanol–water partition coefficient (Wildman–Crippen LogP) is 0.125. The van der Waals surface area contributed by atoms with E-state index < -0.39 is 18.0 Å². The Balaban J connectivity index is 3.61. The standard InChI is InChI=1S/C12H20O6S/c1-9(2)12(16)18-8-10(14)7-17-11(15)3-5-19-6-4-13/h10,13-14H,1,3-8H2,2H3. The van der Waals surface area contributed by atoms with Crippen LogP contribution >= 0.6 is 11.8 Å². The zero-order chi connectivity index (χ0) is 14.7. The first-order valence-electron chi connectivity index (χ1n) is 5.82. The number of ether oxygens (including phenoxy) is 2. The maximum Gasteiger partial charge on any atom is 0.333 e. The van der Waals surface area contributed by atoms with E-state index >= 15 is 0 Å². The van der Waals surface area contributed by atoms with Crippen LogP contribution in [0.1, 0.15) is 13.3 Å². The Bertz CT molecular complexity index is 305. The first-order valence-corrected chi connectivity index (χ1v) is 6.97. The molecule has 0 spiro atoms. The molecule has 7 heteroatoms. The number of aliphatic hydroxyl groups excluding tert-OH is 2. The van der Waals surface area contributed by atoms with Gasteiger partial charge in [0.25, 0.3) is 0 Å². The van der Waals surface area contributed by atoms with Crippen molar-refractivity contribution < 1.29 is 29.3 Å². The van der Waals surface area contributed by atoms with E-state index in [1.54, 1.807) is 0 Å². The third-order valence-corrected chi connectivity index (χ3v) is 2.84. The van der Waals surface area contributed by atoms with Gasteiger partial charge in [-0.25, -0.2) is 4.79 Å². The third kappa shape index (κ3) is 10.5. The summed E-state index contributed by atoms with van der Waals surface area (Å²) >= 11 is 1.44. The van der Waals surface area contributed by atoms with Gasteiger partial charge >= 0.3 is 11.9 Å². The van der Waals surface area contributed by atoms with Crippen molar-refractivity contribution in [3.05, 3.63) is 12.2 Å². The maximum atomic E-state index is 11.2. The monoisotopic (exact) mass is 292 g/mol. The van der Waals surface area contributed by atoms with Gasteiger partial charge in [-0.2, -0.15) is 11.8 Å². The summed E-state index contributed by atoms with van der Waals surface area (Å²) in [6.45, 7) is 4.52. The minimum atomic E-state index is -1.04. The van der Waals surface area contributed by atoms with Gasteiger partial charge in [0.05, 0.1) is 13.0 Å². The highest BCUT2D eigenvalue weighted by Gasteiger charge is 2.12. The van der Waals surface area contributed by atoms with E-state index in [0.717, 1.165) is 0 Å². The van der Waals surface area contributed by atoms with Crippen LogP contribution in [0.4, 0.5) is 0 Å². The van der Waals surface area contributed by atoms with E-state index in [9.17, 15) is 14.7 Å². The number of hydrogen-bond donors (Lipinski definition) is 2. The Morgan fingerprint density at radius 1 is 1.26 bits per heavy atom. The molecule has 2 N–H and O–H groups in total. The molecule has 6 nitrogen and oxygen atoms in total. The fourth-order valence-electron chi connectivity index (χ4n) is 0.927. The topological polar surface area (TPSA) is 93.1 Å². The molecule has 110 valence electrons. The minimum absolute atomic E-state index is 0.0759. The minimum Gasteiger partial charge on any atom is -0.463 e. The van der Waals surface area contributed by atoms with Gasteiger partial charge in [0, 0.05) is 17.1 Å². The second-order valence-corrected chi connectivity index (χ2v) is 5.03. The largest absolute Gasteiger partial charge is 0.463 e. The first-order chi connectivity index (χ1) is 8.97. The van der Waals surface area contributed by atoms with Crippen molar-refractivity contribution in [1.82, 2.24) is 0 Å². The van der Waals surface area contributed by atoms with Crippen molar-refractivity contribution in [3.8, 4) is 0 Å². The van der Waals surface area contributed by atoms with Gasteiger partial charge in [-0.05, 0) is 6.92 Å². The van der Waals surface area contributed by atoms with E-state index in [1.807, 2.05) is 0 Å². The number of esters is 2. The van der Waals surface area contributed by atoms with Gasteiger partial charge < -0.3 is 19.7 Å². The highest BCUT2D eigenvalue weighted by atomic mass is 32.2. The molecule has 0 aliphatic rings. The Hall–Kier alpha value is -1.05. The molecule has 0 aliphatic heterocycles. The molecule has 19 heavy (non-hydrogen) atoms. The summed E-state index contributed by atoms with van der Waals surface area (Å²) < 4.78 is 9.50. The third-order valence-electron chi connectivity index (χ3n) is 1.88. The molecule has 0 fully saturated rings.